The summed E-state index contributed by atoms with van der Waals surface area (Å²) in [5, 5.41) is 23.3. The average molecular weight is 959 g/mol. The number of amides is 4. The van der Waals surface area contributed by atoms with Crippen molar-refractivity contribution in [2.45, 2.75) is 65.6 Å². The number of carbonyl (C=O) groups excluding carboxylic acids is 4. The predicted octanol–water partition coefficient (Wildman–Crippen LogP) is 5.93. The molecule has 0 spiro atoms. The van der Waals surface area contributed by atoms with E-state index in [0.717, 1.165) is 33.1 Å². The highest BCUT2D eigenvalue weighted by atomic mass is 35.5. The van der Waals surface area contributed by atoms with Crippen molar-refractivity contribution in [3.63, 3.8) is 0 Å². The number of imidazole rings is 1. The lowest BCUT2D eigenvalue weighted by Crippen LogP contribution is -2.52. The molecular weight excluding hydrogens is 907 g/mol. The van der Waals surface area contributed by atoms with E-state index in [4.69, 9.17) is 22.1 Å². The number of hydrogen-bond acceptors (Lipinski definition) is 10. The molecule has 2 fully saturated rings. The van der Waals surface area contributed by atoms with Gasteiger partial charge in [-0.3, -0.25) is 34.1 Å². The van der Waals surface area contributed by atoms with Gasteiger partial charge in [-0.2, -0.15) is 5.10 Å². The molecule has 2 aliphatic rings. The number of fused-ring (bicyclic) bond motifs is 3. The topological polar surface area (TPSA) is 212 Å². The van der Waals surface area contributed by atoms with Crippen LogP contribution in [0.25, 0.3) is 43.8 Å². The molecule has 19 heteroatoms. The van der Waals surface area contributed by atoms with E-state index in [1.807, 2.05) is 55.8 Å². The number of hydrogen-bond donors (Lipinski definition) is 4. The molecule has 69 heavy (non-hydrogen) atoms. The van der Waals surface area contributed by atoms with Gasteiger partial charge in [-0.1, -0.05) is 29.8 Å². The number of rotatable bonds is 14. The summed E-state index contributed by atoms with van der Waals surface area (Å²) in [7, 11) is 1.86. The number of aromatic nitrogens is 5. The van der Waals surface area contributed by atoms with E-state index < -0.39 is 29.7 Å². The van der Waals surface area contributed by atoms with Gasteiger partial charge in [-0.25, -0.2) is 14.2 Å². The quantitative estimate of drug-likeness (QED) is 0.0570. The smallest absolute Gasteiger partial charge is 0.352 e. The van der Waals surface area contributed by atoms with E-state index in [0.29, 0.717) is 103 Å². The van der Waals surface area contributed by atoms with Crippen LogP contribution in [0, 0.1) is 26.6 Å². The molecule has 0 bridgehead atoms. The fraction of sp³-hybridized carbons (Fsp3) is 0.340. The molecule has 3 aromatic heterocycles. The zero-order chi connectivity index (χ0) is 48.8. The van der Waals surface area contributed by atoms with Crippen LogP contribution >= 0.6 is 11.6 Å². The maximum absolute atomic E-state index is 14.0. The first kappa shape index (κ1) is 46.8. The molecule has 358 valence electrons. The van der Waals surface area contributed by atoms with Crippen molar-refractivity contribution in [1.29, 1.82) is 0 Å². The highest BCUT2D eigenvalue weighted by Crippen LogP contribution is 2.42. The van der Waals surface area contributed by atoms with E-state index in [9.17, 15) is 33.5 Å². The van der Waals surface area contributed by atoms with Crippen LogP contribution < -0.4 is 21.1 Å². The fourth-order valence-electron chi connectivity index (χ4n) is 9.87. The van der Waals surface area contributed by atoms with Crippen molar-refractivity contribution < 1.29 is 38.2 Å². The number of aromatic carboxylic acids is 1. The number of ether oxygens (including phenoxy) is 1. The Kier molecular flexibility index (Phi) is 12.9. The van der Waals surface area contributed by atoms with E-state index in [2.05, 4.69) is 25.6 Å². The van der Waals surface area contributed by atoms with Crippen LogP contribution in [0.1, 0.15) is 62.9 Å². The van der Waals surface area contributed by atoms with Crippen molar-refractivity contribution in [3.8, 4) is 16.9 Å². The summed E-state index contributed by atoms with van der Waals surface area (Å²) in [6.07, 6.45) is 1.17. The van der Waals surface area contributed by atoms with Crippen LogP contribution in [0.2, 0.25) is 5.02 Å². The molecule has 1 unspecified atom stereocenters. The van der Waals surface area contributed by atoms with Crippen LogP contribution in [0.5, 0.6) is 5.75 Å². The third-order valence-corrected chi connectivity index (χ3v) is 13.7. The summed E-state index contributed by atoms with van der Waals surface area (Å²) < 4.78 is 25.6. The van der Waals surface area contributed by atoms with Crippen LogP contribution in [-0.2, 0) is 40.9 Å². The lowest BCUT2D eigenvalue weighted by molar-refractivity contribution is -0.135. The molecule has 17 nitrogen and oxygen atoms in total. The summed E-state index contributed by atoms with van der Waals surface area (Å²) in [5.41, 5.74) is 12.3. The molecule has 5 N–H and O–H groups in total. The van der Waals surface area contributed by atoms with Crippen LogP contribution in [0.15, 0.2) is 60.7 Å². The van der Waals surface area contributed by atoms with E-state index in [1.54, 1.807) is 33.2 Å². The number of piperidine rings is 1. The third-order valence-electron chi connectivity index (χ3n) is 13.4. The number of imide groups is 1. The Labute approximate surface area is 400 Å². The second kappa shape index (κ2) is 19.0. The summed E-state index contributed by atoms with van der Waals surface area (Å²) in [6, 6.07) is 16.0. The number of nitrogens with zero attached hydrogens (tertiary/aromatic N) is 7. The standard InChI is InChI=1S/C50H52ClFN10O7/c1-27-43(28(2)58(4)57-27)44-37(51)13-12-35-34(8-6-22-69-40-9-5-7-30-23-31(52)10-11-33(30)40)47(50(67)68)61(46(35)44)21-18-59-16-19-60(20-17-59)42(64)26-62-29(3)54-45-36(24-32(53)25-39(45)62)48(65)55-38-14-15-41(63)56-49(38)66/h5,7,9-13,23-25,38H,6,8,14-22,26,53H2,1-4H3,(H,55,65)(H,67,68)(H,56,63,66). The van der Waals surface area contributed by atoms with E-state index >= 15 is 0 Å². The molecule has 2 saturated heterocycles. The van der Waals surface area contributed by atoms with Crippen molar-refractivity contribution in [2.24, 2.45) is 7.05 Å². The molecule has 0 saturated carbocycles. The Morgan fingerprint density at radius 2 is 1.74 bits per heavy atom. The van der Waals surface area contributed by atoms with Gasteiger partial charge < -0.3 is 34.9 Å². The number of piperazine rings is 1. The summed E-state index contributed by atoms with van der Waals surface area (Å²) in [4.78, 5) is 73.4. The maximum atomic E-state index is 14.0. The van der Waals surface area contributed by atoms with Crippen LogP contribution in [0.3, 0.4) is 0 Å². The molecule has 5 heterocycles. The number of halogens is 2. The largest absolute Gasteiger partial charge is 0.493 e. The first-order valence-electron chi connectivity index (χ1n) is 22.9. The number of carbonyl (C=O) groups is 5. The number of nitrogen functional groups attached to an aromatic ring is 1. The Bertz CT molecular complexity index is 3240. The number of aryl methyl sites for hydroxylation is 4. The molecule has 1 atom stereocenters. The van der Waals surface area contributed by atoms with E-state index in [1.165, 1.54) is 18.2 Å². The van der Waals surface area contributed by atoms with Gasteiger partial charge in [-0.15, -0.1) is 0 Å². The normalized spacial score (nSPS) is 15.6. The van der Waals surface area contributed by atoms with Gasteiger partial charge in [0.15, 0.2) is 0 Å². The maximum Gasteiger partial charge on any atom is 0.352 e. The molecule has 4 aromatic carbocycles. The van der Waals surface area contributed by atoms with Gasteiger partial charge in [0, 0.05) is 86.0 Å². The molecule has 4 amide bonds. The van der Waals surface area contributed by atoms with Gasteiger partial charge in [-0.05, 0) is 93.4 Å². The summed E-state index contributed by atoms with van der Waals surface area (Å²) in [6.45, 7) is 8.59. The second-order valence-electron chi connectivity index (χ2n) is 17.7. The Hall–Kier alpha value is -7.31. The molecule has 2 aliphatic heterocycles. The van der Waals surface area contributed by atoms with Crippen molar-refractivity contribution in [3.05, 3.63) is 106 Å². The minimum Gasteiger partial charge on any atom is -0.493 e. The summed E-state index contributed by atoms with van der Waals surface area (Å²) in [5.74, 6) is -1.98. The van der Waals surface area contributed by atoms with Crippen LogP contribution in [0.4, 0.5) is 10.1 Å². The molecular formula is C50H52ClFN10O7. The van der Waals surface area contributed by atoms with Crippen molar-refractivity contribution in [2.75, 3.05) is 45.1 Å². The zero-order valence-corrected chi connectivity index (χ0v) is 39.5. The van der Waals surface area contributed by atoms with Gasteiger partial charge in [0.2, 0.25) is 17.7 Å². The van der Waals surface area contributed by atoms with Gasteiger partial charge >= 0.3 is 5.97 Å². The average Bonchev–Trinajstić information content (AvgIpc) is 3.90. The van der Waals surface area contributed by atoms with Gasteiger partial charge in [0.25, 0.3) is 5.91 Å². The first-order chi connectivity index (χ1) is 33.1. The summed E-state index contributed by atoms with van der Waals surface area (Å²) >= 11 is 7.08. The SMILES string of the molecule is Cc1nn(C)c(C)c1-c1c(Cl)ccc2c(CCCOc3cccc4cc(F)ccc34)c(C(=O)O)n(CCN3CCN(C(=O)Cn4c(C)nc5c(C(=O)NC6CCC(=O)NC6=O)cc(N)cc54)CC3)c12. The lowest BCUT2D eigenvalue weighted by atomic mass is 9.98. The van der Waals surface area contributed by atoms with Crippen LogP contribution in [-0.4, -0.2) is 114 Å². The van der Waals surface area contributed by atoms with Gasteiger partial charge in [0.05, 0.1) is 33.9 Å². The Morgan fingerprint density at radius 1 is 0.971 bits per heavy atom. The number of carboxylic acids is 1. The number of carboxylic acid groups (broad SMARTS) is 1. The number of nitrogens with two attached hydrogens (primary N) is 1. The third kappa shape index (κ3) is 9.09. The van der Waals surface area contributed by atoms with Crippen molar-refractivity contribution >= 4 is 79.6 Å². The lowest BCUT2D eigenvalue weighted by Gasteiger charge is -2.35. The number of anilines is 1. The number of nitrogens with one attached hydrogen (secondary N) is 2. The molecule has 9 rings (SSSR count). The predicted molar refractivity (Wildman–Crippen MR) is 259 cm³/mol. The minimum absolute atomic E-state index is 0.0518. The fourth-order valence-corrected chi connectivity index (χ4v) is 10.1. The first-order valence-corrected chi connectivity index (χ1v) is 23.2. The van der Waals surface area contributed by atoms with Crippen molar-refractivity contribution in [1.82, 2.24) is 44.3 Å². The molecule has 0 aliphatic carbocycles. The second-order valence-corrected chi connectivity index (χ2v) is 18.1. The zero-order valence-electron chi connectivity index (χ0n) is 38.7. The van der Waals surface area contributed by atoms with Gasteiger partial charge in [0.1, 0.15) is 41.2 Å². The highest BCUT2D eigenvalue weighted by Gasteiger charge is 2.31. The Balaban J connectivity index is 0.924. The monoisotopic (exact) mass is 958 g/mol. The highest BCUT2D eigenvalue weighted by molar-refractivity contribution is 6.35. The molecule has 0 radical (unpaired) electrons. The number of benzene rings is 4. The molecule has 7 aromatic rings. The minimum atomic E-state index is -1.07. The van der Waals surface area contributed by atoms with E-state index in [-0.39, 0.29) is 48.1 Å². The Morgan fingerprint density at radius 3 is 2.46 bits per heavy atom.